The molecule has 1 aromatic heterocycles. The van der Waals surface area contributed by atoms with Crippen LogP contribution in [0.3, 0.4) is 0 Å². The lowest BCUT2D eigenvalue weighted by Gasteiger charge is -2.30. The van der Waals surface area contributed by atoms with E-state index in [2.05, 4.69) is 10.3 Å². The molecule has 0 spiro atoms. The molecule has 164 valence electrons. The van der Waals surface area contributed by atoms with Crippen LogP contribution < -0.4 is 10.2 Å². The number of benzene rings is 2. The van der Waals surface area contributed by atoms with Crippen LogP contribution in [0.4, 0.5) is 21.6 Å². The van der Waals surface area contributed by atoms with Gasteiger partial charge >= 0.3 is 5.97 Å². The van der Waals surface area contributed by atoms with Gasteiger partial charge in [0.1, 0.15) is 17.0 Å². The lowest BCUT2D eigenvalue weighted by molar-refractivity contribution is -0.115. The molecule has 6 nitrogen and oxygen atoms in total. The van der Waals surface area contributed by atoms with Crippen molar-refractivity contribution < 1.29 is 19.1 Å². The number of thioether (sulfide) groups is 1. The number of carbonyl (C=O) groups excluding carboxylic acids is 1. The topological polar surface area (TPSA) is 82.5 Å². The van der Waals surface area contributed by atoms with Crippen LogP contribution in [0.25, 0.3) is 0 Å². The molecule has 8 heteroatoms. The van der Waals surface area contributed by atoms with Crippen LogP contribution >= 0.6 is 11.8 Å². The van der Waals surface area contributed by atoms with E-state index in [9.17, 15) is 19.1 Å². The Labute approximate surface area is 189 Å². The van der Waals surface area contributed by atoms with Gasteiger partial charge in [-0.3, -0.25) is 9.69 Å². The van der Waals surface area contributed by atoms with Gasteiger partial charge in [0.2, 0.25) is 5.91 Å². The minimum atomic E-state index is -1.06. The normalized spacial score (nSPS) is 15.8. The van der Waals surface area contributed by atoms with Crippen molar-refractivity contribution in [2.24, 2.45) is 0 Å². The largest absolute Gasteiger partial charge is 0.478 e. The van der Waals surface area contributed by atoms with Crippen LogP contribution in [-0.4, -0.2) is 27.7 Å². The minimum absolute atomic E-state index is 0.0750. The first-order chi connectivity index (χ1) is 15.4. The number of aromatic nitrogens is 1. The molecule has 1 atom stereocenters. The number of hydrogen-bond acceptors (Lipinski definition) is 5. The second-order valence-electron chi connectivity index (χ2n) is 7.41. The monoisotopic (exact) mass is 451 g/mol. The summed E-state index contributed by atoms with van der Waals surface area (Å²) in [6, 6.07) is 13.1. The average Bonchev–Trinajstić information content (AvgIpc) is 3.16. The molecule has 1 aliphatic rings. The summed E-state index contributed by atoms with van der Waals surface area (Å²) in [7, 11) is 0. The van der Waals surface area contributed by atoms with Gasteiger partial charge in [-0.25, -0.2) is 14.2 Å². The van der Waals surface area contributed by atoms with E-state index in [1.54, 1.807) is 47.5 Å². The quantitative estimate of drug-likeness (QED) is 0.528. The molecule has 32 heavy (non-hydrogen) atoms. The molecule has 1 fully saturated rings. The molecule has 1 amide bonds. The second kappa shape index (κ2) is 9.00. The van der Waals surface area contributed by atoms with E-state index < -0.39 is 5.97 Å². The van der Waals surface area contributed by atoms with Gasteiger partial charge in [-0.2, -0.15) is 0 Å². The zero-order valence-electron chi connectivity index (χ0n) is 17.6. The van der Waals surface area contributed by atoms with Gasteiger partial charge in [0.25, 0.3) is 0 Å². The van der Waals surface area contributed by atoms with Gasteiger partial charge in [-0.05, 0) is 60.4 Å². The summed E-state index contributed by atoms with van der Waals surface area (Å²) >= 11 is 1.47. The van der Waals surface area contributed by atoms with Crippen LogP contribution in [-0.2, 0) is 11.2 Å². The fraction of sp³-hybridized carbons (Fsp3) is 0.208. The highest BCUT2D eigenvalue weighted by Gasteiger charge is 2.37. The van der Waals surface area contributed by atoms with Crippen molar-refractivity contribution in [3.8, 4) is 0 Å². The van der Waals surface area contributed by atoms with E-state index in [4.69, 9.17) is 0 Å². The van der Waals surface area contributed by atoms with Gasteiger partial charge in [0.05, 0.1) is 22.7 Å². The van der Waals surface area contributed by atoms with Crippen molar-refractivity contribution in [1.82, 2.24) is 4.98 Å². The van der Waals surface area contributed by atoms with Crippen molar-refractivity contribution >= 4 is 40.8 Å². The smallest absolute Gasteiger partial charge is 0.337 e. The van der Waals surface area contributed by atoms with Crippen LogP contribution in [0.15, 0.2) is 54.7 Å². The number of aryl methyl sites for hydroxylation is 1. The fourth-order valence-corrected chi connectivity index (χ4v) is 5.08. The van der Waals surface area contributed by atoms with Crippen molar-refractivity contribution in [2.45, 2.75) is 25.6 Å². The van der Waals surface area contributed by atoms with Crippen molar-refractivity contribution in [1.29, 1.82) is 0 Å². The Morgan fingerprint density at radius 1 is 1.28 bits per heavy atom. The molecule has 0 bridgehead atoms. The first-order valence-electron chi connectivity index (χ1n) is 10.2. The number of halogens is 1. The number of aromatic carboxylic acids is 1. The molecule has 1 aliphatic heterocycles. The average molecular weight is 452 g/mol. The number of amides is 1. The Morgan fingerprint density at radius 2 is 2.03 bits per heavy atom. The molecule has 0 aliphatic carbocycles. The van der Waals surface area contributed by atoms with Gasteiger partial charge in [0, 0.05) is 6.20 Å². The zero-order valence-corrected chi connectivity index (χ0v) is 18.4. The SMILES string of the molecule is CCc1cc(C(=O)O)c(Nc2ccccn2)c(C)c1N1C(=O)CSC1c1ccc(F)cc1. The first kappa shape index (κ1) is 21.8. The van der Waals surface area contributed by atoms with Gasteiger partial charge in [-0.15, -0.1) is 11.8 Å². The summed E-state index contributed by atoms with van der Waals surface area (Å²) in [5, 5.41) is 12.7. The number of carboxylic acids is 1. The number of pyridine rings is 1. The Balaban J connectivity index is 1.88. The lowest BCUT2D eigenvalue weighted by Crippen LogP contribution is -2.30. The minimum Gasteiger partial charge on any atom is -0.478 e. The van der Waals surface area contributed by atoms with Crippen molar-refractivity contribution in [2.75, 3.05) is 16.0 Å². The standard InChI is InChI=1S/C24H22FN3O3S/c1-3-15-12-18(24(30)31)21(27-19-6-4-5-11-26-19)14(2)22(15)28-20(29)13-32-23(28)16-7-9-17(25)10-8-16/h4-12,23H,3,13H2,1-2H3,(H,26,27)(H,30,31). The molecule has 1 saturated heterocycles. The zero-order chi connectivity index (χ0) is 22.8. The summed E-state index contributed by atoms with van der Waals surface area (Å²) in [6.45, 7) is 3.74. The number of hydrogen-bond donors (Lipinski definition) is 2. The molecule has 1 unspecified atom stereocenters. The van der Waals surface area contributed by atoms with Crippen molar-refractivity contribution in [3.63, 3.8) is 0 Å². The number of nitrogens with one attached hydrogen (secondary N) is 1. The highest BCUT2D eigenvalue weighted by atomic mass is 32.2. The first-order valence-corrected chi connectivity index (χ1v) is 11.2. The third kappa shape index (κ3) is 4.05. The van der Waals surface area contributed by atoms with E-state index >= 15 is 0 Å². The predicted octanol–water partition coefficient (Wildman–Crippen LogP) is 5.31. The highest BCUT2D eigenvalue weighted by molar-refractivity contribution is 8.00. The number of nitrogens with zero attached hydrogens (tertiary/aromatic N) is 2. The van der Waals surface area contributed by atoms with E-state index in [-0.39, 0.29) is 28.4 Å². The van der Waals surface area contributed by atoms with E-state index in [1.165, 1.54) is 23.9 Å². The maximum atomic E-state index is 13.5. The van der Waals surface area contributed by atoms with Gasteiger partial charge < -0.3 is 10.4 Å². The number of rotatable bonds is 6. The molecule has 2 heterocycles. The summed E-state index contributed by atoms with van der Waals surface area (Å²) < 4.78 is 13.5. The summed E-state index contributed by atoms with van der Waals surface area (Å²) in [4.78, 5) is 31.0. The molecule has 2 N–H and O–H groups in total. The Hall–Kier alpha value is -3.39. The van der Waals surface area contributed by atoms with Crippen molar-refractivity contribution in [3.05, 3.63) is 82.8 Å². The van der Waals surface area contributed by atoms with Crippen LogP contribution in [0, 0.1) is 12.7 Å². The van der Waals surface area contributed by atoms with E-state index in [0.717, 1.165) is 11.1 Å². The number of carbonyl (C=O) groups is 2. The molecule has 0 saturated carbocycles. The Morgan fingerprint density at radius 3 is 2.66 bits per heavy atom. The molecular formula is C24H22FN3O3S. The molecular weight excluding hydrogens is 429 g/mol. The number of carboxylic acid groups (broad SMARTS) is 1. The molecule has 4 rings (SSSR count). The van der Waals surface area contributed by atoms with Crippen LogP contribution in [0.2, 0.25) is 0 Å². The predicted molar refractivity (Wildman–Crippen MR) is 124 cm³/mol. The van der Waals surface area contributed by atoms with Gasteiger partial charge in [0.15, 0.2) is 0 Å². The summed E-state index contributed by atoms with van der Waals surface area (Å²) in [5.41, 5.74) is 3.41. The molecule has 0 radical (unpaired) electrons. The van der Waals surface area contributed by atoms with Crippen LogP contribution in [0.5, 0.6) is 0 Å². The third-order valence-corrected chi connectivity index (χ3v) is 6.63. The summed E-state index contributed by atoms with van der Waals surface area (Å²) in [6.07, 6.45) is 2.16. The second-order valence-corrected chi connectivity index (χ2v) is 8.48. The maximum absolute atomic E-state index is 13.5. The lowest BCUT2D eigenvalue weighted by atomic mass is 9.97. The third-order valence-electron chi connectivity index (χ3n) is 5.42. The van der Waals surface area contributed by atoms with Crippen LogP contribution in [0.1, 0.15) is 39.3 Å². The molecule has 3 aromatic rings. The highest BCUT2D eigenvalue weighted by Crippen LogP contribution is 2.46. The van der Waals surface area contributed by atoms with E-state index in [0.29, 0.717) is 29.2 Å². The Bertz CT molecular complexity index is 1170. The van der Waals surface area contributed by atoms with E-state index in [1.807, 2.05) is 13.8 Å². The maximum Gasteiger partial charge on any atom is 0.337 e. The Kier molecular flexibility index (Phi) is 6.14. The van der Waals surface area contributed by atoms with Gasteiger partial charge in [-0.1, -0.05) is 25.1 Å². The summed E-state index contributed by atoms with van der Waals surface area (Å²) in [5.74, 6) is -0.689. The fourth-order valence-electron chi connectivity index (χ4n) is 3.92. The number of anilines is 3. The molecule has 2 aromatic carbocycles.